The van der Waals surface area contributed by atoms with Crippen LogP contribution in [0.25, 0.3) is 33.3 Å². The van der Waals surface area contributed by atoms with Gasteiger partial charge >= 0.3 is 0 Å². The average Bonchev–Trinajstić information content (AvgIpc) is 2.73. The summed E-state index contributed by atoms with van der Waals surface area (Å²) in [7, 11) is 0. The summed E-state index contributed by atoms with van der Waals surface area (Å²) in [6.07, 6.45) is 0. The largest absolute Gasteiger partial charge is 0.214 e. The van der Waals surface area contributed by atoms with Gasteiger partial charge in [0.15, 0.2) is 6.04 Å². The van der Waals surface area contributed by atoms with Crippen LogP contribution in [0, 0.1) is 0 Å². The Morgan fingerprint density at radius 3 is 2.00 bits per heavy atom. The lowest BCUT2D eigenvalue weighted by Crippen LogP contribution is -2.40. The maximum atomic E-state index is 2.49. The second kappa shape index (κ2) is 7.59. The van der Waals surface area contributed by atoms with Gasteiger partial charge in [0, 0.05) is 23.3 Å². The molecule has 0 saturated carbocycles. The van der Waals surface area contributed by atoms with Gasteiger partial charge in [-0.25, -0.2) is 0 Å². The SMILES string of the molecule is CC(C)c1ccccc1-c1cc(-c2ccccc2)c2ccccc2[n+]1C(C)C. The molecular formula is C27H28N+. The molecule has 4 rings (SSSR count). The zero-order valence-corrected chi connectivity index (χ0v) is 17.2. The van der Waals surface area contributed by atoms with Crippen LogP contribution < -0.4 is 4.57 Å². The number of hydrogen-bond acceptors (Lipinski definition) is 0. The van der Waals surface area contributed by atoms with Gasteiger partial charge in [0.1, 0.15) is 0 Å². The third kappa shape index (κ3) is 3.22. The predicted molar refractivity (Wildman–Crippen MR) is 119 cm³/mol. The van der Waals surface area contributed by atoms with E-state index in [9.17, 15) is 0 Å². The van der Waals surface area contributed by atoms with Crippen LogP contribution in [-0.2, 0) is 0 Å². The lowest BCUT2D eigenvalue weighted by molar-refractivity contribution is -0.680. The highest BCUT2D eigenvalue weighted by molar-refractivity contribution is 5.94. The summed E-state index contributed by atoms with van der Waals surface area (Å²) < 4.78 is 2.49. The first-order valence-electron chi connectivity index (χ1n) is 10.2. The Labute approximate surface area is 168 Å². The molecule has 0 radical (unpaired) electrons. The number of nitrogens with zero attached hydrogens (tertiary/aromatic N) is 1. The summed E-state index contributed by atoms with van der Waals surface area (Å²) in [5.74, 6) is 0.475. The molecule has 0 saturated heterocycles. The van der Waals surface area contributed by atoms with E-state index in [4.69, 9.17) is 0 Å². The first-order valence-corrected chi connectivity index (χ1v) is 10.2. The zero-order chi connectivity index (χ0) is 19.7. The number of aromatic nitrogens is 1. The van der Waals surface area contributed by atoms with Crippen molar-refractivity contribution >= 4 is 10.9 Å². The van der Waals surface area contributed by atoms with Crippen LogP contribution >= 0.6 is 0 Å². The Hall–Kier alpha value is -2.93. The maximum absolute atomic E-state index is 2.49. The van der Waals surface area contributed by atoms with Gasteiger partial charge in [-0.05, 0) is 43.0 Å². The number of pyridine rings is 1. The molecule has 140 valence electrons. The molecule has 28 heavy (non-hydrogen) atoms. The fourth-order valence-corrected chi connectivity index (χ4v) is 4.18. The second-order valence-electron chi connectivity index (χ2n) is 8.03. The molecule has 0 N–H and O–H groups in total. The van der Waals surface area contributed by atoms with Crippen molar-refractivity contribution < 1.29 is 4.57 Å². The normalized spacial score (nSPS) is 11.5. The highest BCUT2D eigenvalue weighted by Crippen LogP contribution is 2.34. The second-order valence-corrected chi connectivity index (χ2v) is 8.03. The number of rotatable bonds is 4. The van der Waals surface area contributed by atoms with E-state index in [0.717, 1.165) is 0 Å². The third-order valence-corrected chi connectivity index (χ3v) is 5.45. The van der Waals surface area contributed by atoms with Crippen LogP contribution in [0.2, 0.25) is 0 Å². The van der Waals surface area contributed by atoms with Crippen LogP contribution in [0.15, 0.2) is 84.9 Å². The van der Waals surface area contributed by atoms with E-state index in [1.54, 1.807) is 0 Å². The number of benzene rings is 3. The van der Waals surface area contributed by atoms with Crippen molar-refractivity contribution in [3.63, 3.8) is 0 Å². The van der Waals surface area contributed by atoms with Gasteiger partial charge < -0.3 is 0 Å². The standard InChI is InChI=1S/C27H28N/c1-19(2)22-14-8-9-15-23(22)27-18-25(21-12-6-5-7-13-21)24-16-10-11-17-26(24)28(27)20(3)4/h5-20H,1-4H3/q+1. The van der Waals surface area contributed by atoms with E-state index in [1.807, 2.05) is 0 Å². The molecule has 0 atom stereocenters. The number of hydrogen-bond donors (Lipinski definition) is 0. The highest BCUT2D eigenvalue weighted by atomic mass is 15.0. The molecule has 0 unspecified atom stereocenters. The first-order chi connectivity index (χ1) is 13.6. The Morgan fingerprint density at radius 2 is 1.29 bits per heavy atom. The molecule has 0 spiro atoms. The molecule has 0 fully saturated rings. The highest BCUT2D eigenvalue weighted by Gasteiger charge is 2.25. The quantitative estimate of drug-likeness (QED) is 0.337. The maximum Gasteiger partial charge on any atom is 0.214 e. The van der Waals surface area contributed by atoms with Crippen molar-refractivity contribution in [3.05, 3.63) is 90.5 Å². The molecule has 0 aliphatic heterocycles. The smallest absolute Gasteiger partial charge is 0.189 e. The Bertz CT molecular complexity index is 1110. The average molecular weight is 367 g/mol. The lowest BCUT2D eigenvalue weighted by Gasteiger charge is -2.17. The van der Waals surface area contributed by atoms with Crippen molar-refractivity contribution in [2.24, 2.45) is 0 Å². The summed E-state index contributed by atoms with van der Waals surface area (Å²) in [6.45, 7) is 9.10. The Morgan fingerprint density at radius 1 is 0.643 bits per heavy atom. The molecule has 1 aromatic heterocycles. The van der Waals surface area contributed by atoms with E-state index in [1.165, 1.54) is 38.9 Å². The molecule has 4 aromatic rings. The van der Waals surface area contributed by atoms with Gasteiger partial charge in [-0.15, -0.1) is 0 Å². The van der Waals surface area contributed by atoms with Crippen molar-refractivity contribution in [3.8, 4) is 22.4 Å². The monoisotopic (exact) mass is 366 g/mol. The summed E-state index contributed by atoms with van der Waals surface area (Å²) in [5.41, 5.74) is 7.85. The first kappa shape index (κ1) is 18.4. The molecule has 0 aliphatic rings. The van der Waals surface area contributed by atoms with Crippen LogP contribution in [0.5, 0.6) is 0 Å². The molecule has 1 heterocycles. The minimum absolute atomic E-state index is 0.366. The molecule has 0 bridgehead atoms. The van der Waals surface area contributed by atoms with Crippen LogP contribution in [0.1, 0.15) is 45.2 Å². The minimum Gasteiger partial charge on any atom is -0.189 e. The summed E-state index contributed by atoms with van der Waals surface area (Å²) in [6, 6.07) is 31.1. The van der Waals surface area contributed by atoms with Gasteiger partial charge in [0.05, 0.1) is 5.39 Å². The minimum atomic E-state index is 0.366. The topological polar surface area (TPSA) is 3.88 Å². The van der Waals surface area contributed by atoms with Gasteiger partial charge in [-0.1, -0.05) is 74.5 Å². The van der Waals surface area contributed by atoms with Crippen LogP contribution in [0.4, 0.5) is 0 Å². The summed E-state index contributed by atoms with van der Waals surface area (Å²) >= 11 is 0. The molecule has 1 heteroatoms. The van der Waals surface area contributed by atoms with Crippen molar-refractivity contribution in [1.29, 1.82) is 0 Å². The summed E-state index contributed by atoms with van der Waals surface area (Å²) in [5, 5.41) is 1.30. The van der Waals surface area contributed by atoms with Gasteiger partial charge in [0.2, 0.25) is 11.2 Å². The number of para-hydroxylation sites is 1. The fraction of sp³-hybridized carbons (Fsp3) is 0.222. The molecule has 3 aromatic carbocycles. The van der Waals surface area contributed by atoms with Gasteiger partial charge in [-0.2, -0.15) is 4.57 Å². The van der Waals surface area contributed by atoms with Gasteiger partial charge in [0.25, 0.3) is 0 Å². The Balaban J connectivity index is 2.14. The van der Waals surface area contributed by atoms with E-state index in [-0.39, 0.29) is 0 Å². The van der Waals surface area contributed by atoms with E-state index >= 15 is 0 Å². The zero-order valence-electron chi connectivity index (χ0n) is 17.2. The van der Waals surface area contributed by atoms with Crippen molar-refractivity contribution in [2.45, 2.75) is 39.7 Å². The van der Waals surface area contributed by atoms with Crippen LogP contribution in [-0.4, -0.2) is 0 Å². The molecular weight excluding hydrogens is 338 g/mol. The van der Waals surface area contributed by atoms with Crippen molar-refractivity contribution in [1.82, 2.24) is 0 Å². The molecule has 0 aliphatic carbocycles. The summed E-state index contributed by atoms with van der Waals surface area (Å²) in [4.78, 5) is 0. The fourth-order valence-electron chi connectivity index (χ4n) is 4.18. The molecule has 0 amide bonds. The third-order valence-electron chi connectivity index (χ3n) is 5.45. The molecule has 1 nitrogen and oxygen atoms in total. The van der Waals surface area contributed by atoms with E-state index < -0.39 is 0 Å². The van der Waals surface area contributed by atoms with Crippen LogP contribution in [0.3, 0.4) is 0 Å². The Kier molecular flexibility index (Phi) is 5.00. The van der Waals surface area contributed by atoms with Gasteiger partial charge in [-0.3, -0.25) is 0 Å². The predicted octanol–water partition coefficient (Wildman–Crippen LogP) is 7.17. The van der Waals surface area contributed by atoms with E-state index in [2.05, 4.69) is 117 Å². The van der Waals surface area contributed by atoms with Crippen molar-refractivity contribution in [2.75, 3.05) is 0 Å². The number of fused-ring (bicyclic) bond motifs is 1. The lowest BCUT2D eigenvalue weighted by atomic mass is 9.92. The van der Waals surface area contributed by atoms with E-state index in [0.29, 0.717) is 12.0 Å².